The number of Topliss-reactive ketones (excluding diaryl/α,β-unsaturated/α-hetero) is 7. The number of phenolic OH excluding ortho intramolecular Hbond substituents is 1. The number of likely N-dealkylation sites (N-methyl/N-ethyl adjacent to an activating group) is 1. The first-order valence-electron chi connectivity index (χ1n) is 31.9. The van der Waals surface area contributed by atoms with Crippen molar-refractivity contribution in [2.24, 2.45) is 23.5 Å². The number of benzene rings is 2. The fraction of sp³-hybridized carbons (Fsp3) is 0.319. The highest BCUT2D eigenvalue weighted by Crippen LogP contribution is 2.37. The number of phenols is 1. The first-order chi connectivity index (χ1) is 48.1. The van der Waals surface area contributed by atoms with E-state index in [-0.39, 0.29) is 126 Å². The molecule has 0 fully saturated rings. The van der Waals surface area contributed by atoms with Crippen molar-refractivity contribution in [2.45, 2.75) is 122 Å². The van der Waals surface area contributed by atoms with Gasteiger partial charge in [0.2, 0.25) is 11.8 Å². The number of carboxylic acid groups (broad SMARTS) is 1. The monoisotopic (exact) mass is 1480 g/mol. The third-order valence-electron chi connectivity index (χ3n) is 16.6. The molecule has 526 valence electrons. The molecule has 0 saturated carbocycles. The van der Waals surface area contributed by atoms with Crippen molar-refractivity contribution in [2.75, 3.05) is 7.05 Å². The summed E-state index contributed by atoms with van der Waals surface area (Å²) in [5.74, 6) is -9.35. The Bertz CT molecular complexity index is 4480. The maximum absolute atomic E-state index is 14.8. The van der Waals surface area contributed by atoms with E-state index in [0.29, 0.717) is 65.3 Å². The zero-order chi connectivity index (χ0) is 73.4. The van der Waals surface area contributed by atoms with Crippen LogP contribution in [-0.4, -0.2) is 117 Å². The number of primary amides is 1. The van der Waals surface area contributed by atoms with Crippen LogP contribution in [0.25, 0.3) is 21.8 Å². The molecule has 0 spiro atoms. The van der Waals surface area contributed by atoms with Crippen LogP contribution in [0.15, 0.2) is 124 Å². The van der Waals surface area contributed by atoms with Crippen molar-refractivity contribution < 1.29 is 63.0 Å². The van der Waals surface area contributed by atoms with Crippen molar-refractivity contribution in [1.29, 1.82) is 0 Å². The molecule has 6 heterocycles. The highest BCUT2D eigenvalue weighted by atomic mass is 32.1. The van der Waals surface area contributed by atoms with Gasteiger partial charge in [0.05, 0.1) is 33.7 Å². The number of hydrogen-bond donors (Lipinski definition) is 6. The fourth-order valence-corrected chi connectivity index (χ4v) is 15.5. The van der Waals surface area contributed by atoms with Crippen LogP contribution in [0.2, 0.25) is 0 Å². The number of rotatable bonds is 41. The predicted octanol–water partition coefficient (Wildman–Crippen LogP) is 12.3. The molecule has 101 heavy (non-hydrogen) atoms. The van der Waals surface area contributed by atoms with Gasteiger partial charge in [-0.25, -0.2) is 29.9 Å². The van der Waals surface area contributed by atoms with Gasteiger partial charge < -0.3 is 31.9 Å². The molecular weight excluding hydrogens is 1410 g/mol. The highest BCUT2D eigenvalue weighted by Gasteiger charge is 2.33. The number of aliphatic carboxylic acids is 1. The molecule has 0 bridgehead atoms. The smallest absolute Gasteiger partial charge is 0.306 e. The van der Waals surface area contributed by atoms with E-state index in [9.17, 15) is 57.8 Å². The van der Waals surface area contributed by atoms with Gasteiger partial charge in [0, 0.05) is 107 Å². The second-order valence-corrected chi connectivity index (χ2v) is 29.6. The molecule has 0 aliphatic heterocycles. The third kappa shape index (κ3) is 21.3. The Balaban J connectivity index is 0.920. The number of hydrogen-bond acceptors (Lipinski definition) is 25. The van der Waals surface area contributed by atoms with E-state index in [1.54, 1.807) is 53.0 Å². The lowest BCUT2D eigenvalue weighted by atomic mass is 9.91. The molecule has 29 heteroatoms. The molecule has 6 aromatic heterocycles. The number of amides is 3. The highest BCUT2D eigenvalue weighted by molar-refractivity contribution is 7.14. The van der Waals surface area contributed by atoms with Crippen molar-refractivity contribution in [3.05, 3.63) is 189 Å². The van der Waals surface area contributed by atoms with Crippen LogP contribution >= 0.6 is 68.0 Å². The number of nitrogens with one attached hydrogen (secondary N) is 3. The number of carboxylic acids is 1. The number of aromatic nitrogens is 6. The van der Waals surface area contributed by atoms with Gasteiger partial charge in [-0.05, 0) is 67.1 Å². The van der Waals surface area contributed by atoms with Crippen molar-refractivity contribution in [1.82, 2.24) is 45.9 Å². The standard InChI is InChI=1S/C72H74N10O13S6/c1-10-36(2)63(71-81-54(35-101-71)70-80-50(34-100-70)58(87)22-39(5)67-76-49(30-96-67)57(86)20-37(3)64(92)75-42(8)56(85)23-40(6)72(94)95)82-65(93)45(24-44-16-18-48(83)19-17-44)26-59(88)52-32-98-68(78-52)46(25-43-14-12-11-13-15-43)27-60(89)53-33-99-69(79-53)47(29-62(73)91)28-61(90)51-31-97-66(77-51)38(4)21-55(84)41(7)74-9/h11-19,30-36,40-41,45-47,63,74,83H,3-5,8,10,20-29H2,1-2,6-7,9H3,(H2,73,91)(H,75,92)(H,82,93)(H,94,95). The summed E-state index contributed by atoms with van der Waals surface area (Å²) in [6, 6.07) is 14.8. The summed E-state index contributed by atoms with van der Waals surface area (Å²) in [7, 11) is 1.68. The lowest BCUT2D eigenvalue weighted by molar-refractivity contribution is -0.142. The topological polar surface area (TPSA) is 368 Å². The Kier molecular flexibility index (Phi) is 27.3. The Morgan fingerprint density at radius 2 is 1.08 bits per heavy atom. The number of carbonyl (C=O) groups is 11. The molecule has 8 aromatic rings. The molecule has 3 amide bonds. The second-order valence-electron chi connectivity index (χ2n) is 24.4. The molecule has 7 atom stereocenters. The number of nitrogens with two attached hydrogens (primary N) is 1. The van der Waals surface area contributed by atoms with Gasteiger partial charge >= 0.3 is 5.97 Å². The average Bonchev–Trinajstić information content (AvgIpc) is 1.71. The van der Waals surface area contributed by atoms with Crippen LogP contribution in [0.5, 0.6) is 5.75 Å². The number of allylic oxidation sites excluding steroid dienone is 3. The van der Waals surface area contributed by atoms with Gasteiger partial charge in [-0.2, -0.15) is 0 Å². The molecule has 23 nitrogen and oxygen atoms in total. The Hall–Kier alpha value is -9.49. The molecule has 0 saturated heterocycles. The Morgan fingerprint density at radius 1 is 0.554 bits per heavy atom. The summed E-state index contributed by atoms with van der Waals surface area (Å²) in [6.07, 6.45) is -0.611. The average molecular weight is 1480 g/mol. The largest absolute Gasteiger partial charge is 0.508 e. The summed E-state index contributed by atoms with van der Waals surface area (Å²) in [5.41, 5.74) is 8.49. The summed E-state index contributed by atoms with van der Waals surface area (Å²) in [5, 5.41) is 39.8. The lowest BCUT2D eigenvalue weighted by Gasteiger charge is -2.25. The van der Waals surface area contributed by atoms with Crippen LogP contribution in [0, 0.1) is 17.8 Å². The number of carbonyl (C=O) groups excluding carboxylic acids is 10. The molecule has 0 aliphatic carbocycles. The summed E-state index contributed by atoms with van der Waals surface area (Å²) < 4.78 is 0. The minimum Gasteiger partial charge on any atom is -0.508 e. The summed E-state index contributed by atoms with van der Waals surface area (Å²) in [6.45, 7) is 22.2. The molecule has 0 radical (unpaired) electrons. The molecule has 8 rings (SSSR count). The third-order valence-corrected chi connectivity index (χ3v) is 22.2. The maximum Gasteiger partial charge on any atom is 0.306 e. The minimum absolute atomic E-state index is 0.00226. The molecule has 7 N–H and O–H groups in total. The number of thiazole rings is 6. The normalized spacial score (nSPS) is 13.3. The van der Waals surface area contributed by atoms with E-state index in [0.717, 1.165) is 28.2 Å². The van der Waals surface area contributed by atoms with Gasteiger partial charge in [-0.3, -0.25) is 52.7 Å². The number of nitrogens with zero attached hydrogens (tertiary/aromatic N) is 6. The van der Waals surface area contributed by atoms with Crippen LogP contribution in [0.3, 0.4) is 0 Å². The van der Waals surface area contributed by atoms with Crippen LogP contribution in [-0.2, 0) is 41.6 Å². The SMILES string of the molecule is C=C(CC(=O)c1csc(C(=C)CC(=O)c2csc(-c3csc(C(NC(=O)C(CC(=O)c4csc(C(CC(=O)c5csc(C(CC(N)=O)CC(=O)c6csc(C(=C)CC(=O)C(C)NC)n6)n5)Cc5ccccc5)n4)Cc4ccc(O)cc4)C(C)CC)n3)n2)n1)C(=O)NC(=C)C(=O)CC(C)C(=O)O. The Morgan fingerprint density at radius 3 is 1.68 bits per heavy atom. The van der Waals surface area contributed by atoms with Gasteiger partial charge in [0.1, 0.15) is 59.9 Å². The minimum atomic E-state index is -1.19. The van der Waals surface area contributed by atoms with Gasteiger partial charge in [-0.15, -0.1) is 68.0 Å². The van der Waals surface area contributed by atoms with Gasteiger partial charge in [0.15, 0.2) is 40.5 Å². The van der Waals surface area contributed by atoms with E-state index in [2.05, 4.69) is 62.2 Å². The predicted molar refractivity (Wildman–Crippen MR) is 391 cm³/mol. The second kappa shape index (κ2) is 35.7. The van der Waals surface area contributed by atoms with Crippen molar-refractivity contribution in [3.8, 4) is 16.5 Å². The maximum atomic E-state index is 14.8. The van der Waals surface area contributed by atoms with Gasteiger partial charge in [-0.1, -0.05) is 96.0 Å². The van der Waals surface area contributed by atoms with Crippen LogP contribution in [0.1, 0.15) is 192 Å². The van der Waals surface area contributed by atoms with E-state index >= 15 is 0 Å². The molecule has 2 aromatic carbocycles. The molecule has 0 aliphatic rings. The first kappa shape index (κ1) is 77.3. The molecular formula is C72H74N10O13S6. The summed E-state index contributed by atoms with van der Waals surface area (Å²) >= 11 is 7.08. The lowest BCUT2D eigenvalue weighted by Crippen LogP contribution is -2.38. The first-order valence-corrected chi connectivity index (χ1v) is 37.2. The fourth-order valence-electron chi connectivity index (χ4n) is 10.2. The van der Waals surface area contributed by atoms with Crippen molar-refractivity contribution in [3.63, 3.8) is 0 Å². The zero-order valence-electron chi connectivity index (χ0n) is 55.9. The van der Waals surface area contributed by atoms with Crippen LogP contribution < -0.4 is 21.7 Å². The van der Waals surface area contributed by atoms with E-state index < -0.39 is 83.2 Å². The number of ketones is 7. The van der Waals surface area contributed by atoms with Crippen LogP contribution in [0.4, 0.5) is 0 Å². The van der Waals surface area contributed by atoms with E-state index in [1.165, 1.54) is 69.8 Å². The van der Waals surface area contributed by atoms with E-state index in [1.807, 2.05) is 44.2 Å². The van der Waals surface area contributed by atoms with Crippen molar-refractivity contribution >= 4 is 143 Å². The Labute approximate surface area is 606 Å². The summed E-state index contributed by atoms with van der Waals surface area (Å²) in [4.78, 5) is 173. The number of aromatic hydroxyl groups is 1. The van der Waals surface area contributed by atoms with E-state index in [4.69, 9.17) is 20.8 Å². The molecule has 7 unspecified atom stereocenters. The zero-order valence-corrected chi connectivity index (χ0v) is 60.8. The van der Waals surface area contributed by atoms with Gasteiger partial charge in [0.25, 0.3) is 5.91 Å². The quantitative estimate of drug-likeness (QED) is 0.0153.